The van der Waals surface area contributed by atoms with Crippen molar-refractivity contribution < 1.29 is 19.4 Å². The summed E-state index contributed by atoms with van der Waals surface area (Å²) < 4.78 is 5.04. The summed E-state index contributed by atoms with van der Waals surface area (Å²) in [4.78, 5) is 27.3. The third-order valence-corrected chi connectivity index (χ3v) is 3.68. The molecule has 0 fully saturated rings. The SMILES string of the molecule is Cc1cccc(C(=O)OCC(=O)c2c[nH]c3ccccc23)c1O. The highest BCUT2D eigenvalue weighted by Crippen LogP contribution is 2.22. The monoisotopic (exact) mass is 309 g/mol. The lowest BCUT2D eigenvalue weighted by atomic mass is 10.1. The second-order valence-corrected chi connectivity index (χ2v) is 5.22. The number of hydrogen-bond donors (Lipinski definition) is 2. The Kier molecular flexibility index (Phi) is 3.85. The Morgan fingerprint density at radius 1 is 1.09 bits per heavy atom. The average Bonchev–Trinajstić information content (AvgIpc) is 2.99. The number of fused-ring (bicyclic) bond motifs is 1. The summed E-state index contributed by atoms with van der Waals surface area (Å²) in [6.07, 6.45) is 1.60. The van der Waals surface area contributed by atoms with Gasteiger partial charge in [0.2, 0.25) is 5.78 Å². The summed E-state index contributed by atoms with van der Waals surface area (Å²) in [5.74, 6) is -1.15. The first kappa shape index (κ1) is 14.8. The Morgan fingerprint density at radius 3 is 2.70 bits per heavy atom. The van der Waals surface area contributed by atoms with Crippen LogP contribution in [0.15, 0.2) is 48.7 Å². The first-order chi connectivity index (χ1) is 11.1. The van der Waals surface area contributed by atoms with Crippen molar-refractivity contribution in [3.8, 4) is 5.75 Å². The Hall–Kier alpha value is -3.08. The largest absolute Gasteiger partial charge is 0.507 e. The molecule has 3 aromatic rings. The highest BCUT2D eigenvalue weighted by Gasteiger charge is 2.17. The number of para-hydroxylation sites is 2. The van der Waals surface area contributed by atoms with Crippen LogP contribution in [-0.4, -0.2) is 28.4 Å². The van der Waals surface area contributed by atoms with Gasteiger partial charge in [-0.1, -0.05) is 30.3 Å². The number of aryl methyl sites for hydroxylation is 1. The second-order valence-electron chi connectivity index (χ2n) is 5.22. The van der Waals surface area contributed by atoms with Gasteiger partial charge in [-0.2, -0.15) is 0 Å². The molecule has 0 atom stereocenters. The second kappa shape index (κ2) is 5.96. The van der Waals surface area contributed by atoms with Crippen LogP contribution < -0.4 is 0 Å². The fourth-order valence-electron chi connectivity index (χ4n) is 2.41. The quantitative estimate of drug-likeness (QED) is 0.573. The summed E-state index contributed by atoms with van der Waals surface area (Å²) in [6.45, 7) is 1.30. The number of ether oxygens (including phenoxy) is 1. The van der Waals surface area contributed by atoms with Gasteiger partial charge in [-0.05, 0) is 24.6 Å². The Labute approximate surface area is 132 Å². The fourth-order valence-corrected chi connectivity index (χ4v) is 2.41. The van der Waals surface area contributed by atoms with Gasteiger partial charge in [0.25, 0.3) is 0 Å². The van der Waals surface area contributed by atoms with Crippen LogP contribution in [0.2, 0.25) is 0 Å². The van der Waals surface area contributed by atoms with Crippen LogP contribution in [0.3, 0.4) is 0 Å². The third-order valence-electron chi connectivity index (χ3n) is 3.68. The first-order valence-electron chi connectivity index (χ1n) is 7.13. The number of aromatic nitrogens is 1. The van der Waals surface area contributed by atoms with Gasteiger partial charge in [0.05, 0.1) is 0 Å². The summed E-state index contributed by atoms with van der Waals surface area (Å²) in [6, 6.07) is 12.2. The maximum atomic E-state index is 12.2. The van der Waals surface area contributed by atoms with Crippen LogP contribution in [0, 0.1) is 6.92 Å². The zero-order chi connectivity index (χ0) is 16.4. The van der Waals surface area contributed by atoms with E-state index in [1.165, 1.54) is 6.07 Å². The number of carbonyl (C=O) groups is 2. The molecule has 0 aliphatic carbocycles. The van der Waals surface area contributed by atoms with Gasteiger partial charge in [0, 0.05) is 22.7 Å². The smallest absolute Gasteiger partial charge is 0.342 e. The molecule has 5 nitrogen and oxygen atoms in total. The number of Topliss-reactive ketones (excluding diaryl/α,β-unsaturated/α-hetero) is 1. The van der Waals surface area contributed by atoms with E-state index >= 15 is 0 Å². The Balaban J connectivity index is 1.74. The van der Waals surface area contributed by atoms with E-state index in [9.17, 15) is 14.7 Å². The molecular formula is C18H15NO4. The molecule has 0 bridgehead atoms. The van der Waals surface area contributed by atoms with Gasteiger partial charge < -0.3 is 14.8 Å². The number of phenols is 1. The van der Waals surface area contributed by atoms with Crippen LogP contribution in [0.5, 0.6) is 5.75 Å². The van der Waals surface area contributed by atoms with E-state index in [1.54, 1.807) is 25.3 Å². The van der Waals surface area contributed by atoms with E-state index in [-0.39, 0.29) is 23.7 Å². The molecule has 3 rings (SSSR count). The molecule has 5 heteroatoms. The highest BCUT2D eigenvalue weighted by molar-refractivity contribution is 6.09. The summed E-state index contributed by atoms with van der Waals surface area (Å²) in [5, 5.41) is 10.7. The van der Waals surface area contributed by atoms with Crippen molar-refractivity contribution in [1.82, 2.24) is 4.98 Å². The van der Waals surface area contributed by atoms with Crippen LogP contribution in [0.25, 0.3) is 10.9 Å². The van der Waals surface area contributed by atoms with Gasteiger partial charge >= 0.3 is 5.97 Å². The molecule has 0 unspecified atom stereocenters. The summed E-state index contributed by atoms with van der Waals surface area (Å²) in [5.41, 5.74) is 1.94. The Bertz CT molecular complexity index is 895. The van der Waals surface area contributed by atoms with Crippen molar-refractivity contribution in [2.45, 2.75) is 6.92 Å². The lowest BCUT2D eigenvalue weighted by molar-refractivity contribution is 0.0472. The number of H-pyrrole nitrogens is 1. The minimum atomic E-state index is -0.723. The number of phenolic OH excluding ortho intramolecular Hbond substituents is 1. The van der Waals surface area contributed by atoms with Crippen molar-refractivity contribution in [2.75, 3.05) is 6.61 Å². The van der Waals surface area contributed by atoms with Crippen LogP contribution in [-0.2, 0) is 4.74 Å². The number of aromatic hydroxyl groups is 1. The predicted molar refractivity (Wildman–Crippen MR) is 85.8 cm³/mol. The molecule has 0 saturated heterocycles. The number of nitrogens with one attached hydrogen (secondary N) is 1. The van der Waals surface area contributed by atoms with E-state index in [1.807, 2.05) is 24.3 Å². The van der Waals surface area contributed by atoms with E-state index < -0.39 is 5.97 Å². The average molecular weight is 309 g/mol. The van der Waals surface area contributed by atoms with Crippen molar-refractivity contribution >= 4 is 22.7 Å². The Morgan fingerprint density at radius 2 is 1.87 bits per heavy atom. The van der Waals surface area contributed by atoms with Gasteiger partial charge in [-0.15, -0.1) is 0 Å². The zero-order valence-electron chi connectivity index (χ0n) is 12.5. The first-order valence-corrected chi connectivity index (χ1v) is 7.13. The number of aromatic amines is 1. The molecule has 0 aliphatic rings. The van der Waals surface area contributed by atoms with E-state index in [0.717, 1.165) is 10.9 Å². The lowest BCUT2D eigenvalue weighted by Gasteiger charge is -2.07. The normalized spacial score (nSPS) is 10.7. The predicted octanol–water partition coefficient (Wildman–Crippen LogP) is 3.22. The highest BCUT2D eigenvalue weighted by atomic mass is 16.5. The van der Waals surface area contributed by atoms with Crippen LogP contribution in [0.4, 0.5) is 0 Å². The number of hydrogen-bond acceptors (Lipinski definition) is 4. The fraction of sp³-hybridized carbons (Fsp3) is 0.111. The molecule has 0 saturated carbocycles. The van der Waals surface area contributed by atoms with Gasteiger partial charge in [0.1, 0.15) is 11.3 Å². The molecule has 2 N–H and O–H groups in total. The van der Waals surface area contributed by atoms with E-state index in [2.05, 4.69) is 4.98 Å². The molecule has 0 radical (unpaired) electrons. The van der Waals surface area contributed by atoms with Crippen LogP contribution >= 0.6 is 0 Å². The van der Waals surface area contributed by atoms with Gasteiger partial charge in [-0.25, -0.2) is 4.79 Å². The van der Waals surface area contributed by atoms with Crippen molar-refractivity contribution in [2.24, 2.45) is 0 Å². The summed E-state index contributed by atoms with van der Waals surface area (Å²) in [7, 11) is 0. The summed E-state index contributed by atoms with van der Waals surface area (Å²) >= 11 is 0. The standard InChI is InChI=1S/C18H15NO4/c1-11-5-4-7-13(17(11)21)18(22)23-10-16(20)14-9-19-15-8-3-2-6-12(14)15/h2-9,19,21H,10H2,1H3. The minimum absolute atomic E-state index is 0.0525. The van der Waals surface area contributed by atoms with Crippen molar-refractivity contribution in [3.63, 3.8) is 0 Å². The molecule has 116 valence electrons. The van der Waals surface area contributed by atoms with Gasteiger partial charge in [0.15, 0.2) is 6.61 Å². The third kappa shape index (κ3) is 2.81. The molecule has 0 aliphatic heterocycles. The molecule has 0 spiro atoms. The zero-order valence-corrected chi connectivity index (χ0v) is 12.5. The van der Waals surface area contributed by atoms with E-state index in [4.69, 9.17) is 4.74 Å². The number of carbonyl (C=O) groups excluding carboxylic acids is 2. The molecule has 1 heterocycles. The van der Waals surface area contributed by atoms with Crippen molar-refractivity contribution in [3.05, 3.63) is 65.4 Å². The van der Waals surface area contributed by atoms with Crippen LogP contribution in [0.1, 0.15) is 26.3 Å². The molecule has 0 amide bonds. The minimum Gasteiger partial charge on any atom is -0.507 e. The maximum Gasteiger partial charge on any atom is 0.342 e. The maximum absolute atomic E-state index is 12.2. The number of rotatable bonds is 4. The number of ketones is 1. The number of benzene rings is 2. The number of esters is 1. The molecule has 23 heavy (non-hydrogen) atoms. The van der Waals surface area contributed by atoms with Gasteiger partial charge in [-0.3, -0.25) is 4.79 Å². The van der Waals surface area contributed by atoms with Crippen molar-refractivity contribution in [1.29, 1.82) is 0 Å². The molecule has 1 aromatic heterocycles. The molecule has 2 aromatic carbocycles. The van der Waals surface area contributed by atoms with E-state index in [0.29, 0.717) is 11.1 Å². The molecular weight excluding hydrogens is 294 g/mol. The lowest BCUT2D eigenvalue weighted by Crippen LogP contribution is -2.14. The topological polar surface area (TPSA) is 79.4 Å².